The standard InChI is InChI=1S/C35H37NO4/c1-2-39-34(37)29-23-21-27(22-24-29)16-10-7-5-3-4-6-8-15-25-40-35(38)31-26-33(28-17-11-9-12-18-28)36-32-20-14-13-19-30(31)32/h7,9-14,17-24,26H,2-6,8,15-16,25H2,1H3/b10-7+. The van der Waals surface area contributed by atoms with Crippen molar-refractivity contribution >= 4 is 22.8 Å². The van der Waals surface area contributed by atoms with E-state index < -0.39 is 0 Å². The fraction of sp³-hybridized carbons (Fsp3) is 0.286. The van der Waals surface area contributed by atoms with Gasteiger partial charge in [-0.2, -0.15) is 0 Å². The van der Waals surface area contributed by atoms with Crippen molar-refractivity contribution in [3.8, 4) is 11.3 Å². The summed E-state index contributed by atoms with van der Waals surface area (Å²) < 4.78 is 10.7. The van der Waals surface area contributed by atoms with Crippen LogP contribution in [0.5, 0.6) is 0 Å². The molecule has 3 aromatic carbocycles. The van der Waals surface area contributed by atoms with Crippen molar-refractivity contribution in [3.05, 3.63) is 114 Å². The second-order valence-electron chi connectivity index (χ2n) is 9.72. The topological polar surface area (TPSA) is 65.5 Å². The highest BCUT2D eigenvalue weighted by Crippen LogP contribution is 2.25. The molecular formula is C35H37NO4. The first-order valence-corrected chi connectivity index (χ1v) is 14.2. The maximum absolute atomic E-state index is 13.0. The summed E-state index contributed by atoms with van der Waals surface area (Å²) >= 11 is 0. The van der Waals surface area contributed by atoms with Crippen molar-refractivity contribution in [2.75, 3.05) is 13.2 Å². The van der Waals surface area contributed by atoms with E-state index in [0.717, 1.165) is 67.1 Å². The molecule has 0 unspecified atom stereocenters. The second-order valence-corrected chi connectivity index (χ2v) is 9.72. The second kappa shape index (κ2) is 15.4. The number of benzene rings is 3. The Morgan fingerprint density at radius 3 is 2.27 bits per heavy atom. The molecule has 4 aromatic rings. The summed E-state index contributed by atoms with van der Waals surface area (Å²) in [4.78, 5) is 29.4. The lowest BCUT2D eigenvalue weighted by atomic mass is 10.0. The number of rotatable bonds is 14. The summed E-state index contributed by atoms with van der Waals surface area (Å²) in [5, 5.41) is 0.814. The first-order chi connectivity index (χ1) is 19.7. The maximum Gasteiger partial charge on any atom is 0.338 e. The van der Waals surface area contributed by atoms with E-state index in [1.54, 1.807) is 0 Å². The number of para-hydroxylation sites is 1. The van der Waals surface area contributed by atoms with E-state index >= 15 is 0 Å². The highest BCUT2D eigenvalue weighted by Gasteiger charge is 2.15. The highest BCUT2D eigenvalue weighted by molar-refractivity contribution is 6.04. The molecule has 0 aliphatic rings. The van der Waals surface area contributed by atoms with Crippen LogP contribution in [0.25, 0.3) is 22.2 Å². The molecule has 0 fully saturated rings. The number of allylic oxidation sites excluding steroid dienone is 2. The summed E-state index contributed by atoms with van der Waals surface area (Å²) in [6.07, 6.45) is 11.6. The lowest BCUT2D eigenvalue weighted by Gasteiger charge is -2.10. The molecule has 0 N–H and O–H groups in total. The van der Waals surface area contributed by atoms with Gasteiger partial charge in [0.15, 0.2) is 0 Å². The molecule has 0 saturated carbocycles. The fourth-order valence-electron chi connectivity index (χ4n) is 4.57. The summed E-state index contributed by atoms with van der Waals surface area (Å²) in [6.45, 7) is 2.61. The molecule has 0 aliphatic carbocycles. The van der Waals surface area contributed by atoms with E-state index in [1.807, 2.05) is 91.9 Å². The van der Waals surface area contributed by atoms with Crippen LogP contribution in [0.15, 0.2) is 97.1 Å². The molecule has 5 heteroatoms. The lowest BCUT2D eigenvalue weighted by molar-refractivity contribution is 0.0497. The number of ether oxygens (including phenoxy) is 2. The Balaban J connectivity index is 1.13. The van der Waals surface area contributed by atoms with E-state index in [4.69, 9.17) is 14.5 Å². The zero-order valence-corrected chi connectivity index (χ0v) is 23.2. The Labute approximate surface area is 236 Å². The van der Waals surface area contributed by atoms with E-state index in [2.05, 4.69) is 12.2 Å². The van der Waals surface area contributed by atoms with Gasteiger partial charge < -0.3 is 9.47 Å². The summed E-state index contributed by atoms with van der Waals surface area (Å²) in [5.74, 6) is -0.570. The van der Waals surface area contributed by atoms with Gasteiger partial charge in [-0.1, -0.05) is 92.1 Å². The van der Waals surface area contributed by atoms with Gasteiger partial charge >= 0.3 is 11.9 Å². The fourth-order valence-corrected chi connectivity index (χ4v) is 4.57. The number of nitrogens with zero attached hydrogens (tertiary/aromatic N) is 1. The summed E-state index contributed by atoms with van der Waals surface area (Å²) in [7, 11) is 0. The molecule has 5 nitrogen and oxygen atoms in total. The monoisotopic (exact) mass is 535 g/mol. The van der Waals surface area contributed by atoms with Gasteiger partial charge in [0, 0.05) is 10.9 Å². The Morgan fingerprint density at radius 2 is 1.48 bits per heavy atom. The van der Waals surface area contributed by atoms with Gasteiger partial charge in [-0.15, -0.1) is 0 Å². The third-order valence-electron chi connectivity index (χ3n) is 6.74. The highest BCUT2D eigenvalue weighted by atomic mass is 16.5. The average Bonchev–Trinajstić information content (AvgIpc) is 3.00. The van der Waals surface area contributed by atoms with Crippen LogP contribution >= 0.6 is 0 Å². The van der Waals surface area contributed by atoms with Gasteiger partial charge in [-0.3, -0.25) is 0 Å². The van der Waals surface area contributed by atoms with Gasteiger partial charge in [-0.05, 0) is 62.4 Å². The van der Waals surface area contributed by atoms with Gasteiger partial charge in [0.05, 0.1) is 35.6 Å². The first-order valence-electron chi connectivity index (χ1n) is 14.2. The number of pyridine rings is 1. The van der Waals surface area contributed by atoms with Crippen LogP contribution in [0.3, 0.4) is 0 Å². The number of unbranched alkanes of at least 4 members (excludes halogenated alkanes) is 5. The number of esters is 2. The predicted molar refractivity (Wildman–Crippen MR) is 160 cm³/mol. The predicted octanol–water partition coefficient (Wildman–Crippen LogP) is 8.37. The van der Waals surface area contributed by atoms with Crippen LogP contribution in [-0.2, 0) is 15.9 Å². The SMILES string of the molecule is CCOC(=O)c1ccc(C/C=C/CCCCCCCOC(=O)c2cc(-c3ccccc3)nc3ccccc23)cc1. The number of fused-ring (bicyclic) bond motifs is 1. The smallest absolute Gasteiger partial charge is 0.338 e. The summed E-state index contributed by atoms with van der Waals surface area (Å²) in [6, 6.07) is 27.0. The molecule has 40 heavy (non-hydrogen) atoms. The Bertz CT molecular complexity index is 1410. The quantitative estimate of drug-likeness (QED) is 0.0922. The van der Waals surface area contributed by atoms with Crippen LogP contribution in [0, 0.1) is 0 Å². The maximum atomic E-state index is 13.0. The molecule has 0 amide bonds. The number of carbonyl (C=O) groups is 2. The molecule has 0 saturated heterocycles. The average molecular weight is 536 g/mol. The van der Waals surface area contributed by atoms with Crippen molar-refractivity contribution < 1.29 is 19.1 Å². The summed E-state index contributed by atoms with van der Waals surface area (Å²) in [5.41, 5.74) is 4.86. The molecule has 0 radical (unpaired) electrons. The van der Waals surface area contributed by atoms with E-state index in [-0.39, 0.29) is 11.9 Å². The molecule has 206 valence electrons. The van der Waals surface area contributed by atoms with Crippen LogP contribution < -0.4 is 0 Å². The zero-order chi connectivity index (χ0) is 28.0. The minimum absolute atomic E-state index is 0.275. The zero-order valence-electron chi connectivity index (χ0n) is 23.2. The van der Waals surface area contributed by atoms with Crippen molar-refractivity contribution in [1.82, 2.24) is 4.98 Å². The Morgan fingerprint density at radius 1 is 0.750 bits per heavy atom. The Hall–Kier alpha value is -4.25. The minimum Gasteiger partial charge on any atom is -0.462 e. The molecule has 4 rings (SSSR count). The first kappa shape index (κ1) is 28.8. The van der Waals surface area contributed by atoms with E-state index in [0.29, 0.717) is 24.3 Å². The van der Waals surface area contributed by atoms with Crippen LogP contribution in [-0.4, -0.2) is 30.1 Å². The number of hydrogen-bond acceptors (Lipinski definition) is 5. The van der Waals surface area contributed by atoms with Crippen molar-refractivity contribution in [2.24, 2.45) is 0 Å². The molecule has 0 spiro atoms. The lowest BCUT2D eigenvalue weighted by Crippen LogP contribution is -2.08. The minimum atomic E-state index is -0.295. The molecule has 0 bridgehead atoms. The molecule has 1 heterocycles. The molecule has 0 aliphatic heterocycles. The van der Waals surface area contributed by atoms with Gasteiger partial charge in [0.1, 0.15) is 0 Å². The van der Waals surface area contributed by atoms with Crippen molar-refractivity contribution in [2.45, 2.75) is 51.9 Å². The van der Waals surface area contributed by atoms with Crippen molar-refractivity contribution in [3.63, 3.8) is 0 Å². The van der Waals surface area contributed by atoms with Crippen molar-refractivity contribution in [1.29, 1.82) is 0 Å². The number of aromatic nitrogens is 1. The third-order valence-corrected chi connectivity index (χ3v) is 6.74. The number of hydrogen-bond donors (Lipinski definition) is 0. The largest absolute Gasteiger partial charge is 0.462 e. The van der Waals surface area contributed by atoms with Crippen LogP contribution in [0.1, 0.15) is 71.7 Å². The Kier molecular flexibility index (Phi) is 11.0. The normalized spacial score (nSPS) is 11.1. The van der Waals surface area contributed by atoms with Crippen LogP contribution in [0.2, 0.25) is 0 Å². The molecular weight excluding hydrogens is 498 g/mol. The molecule has 0 atom stereocenters. The van der Waals surface area contributed by atoms with Gasteiger partial charge in [0.25, 0.3) is 0 Å². The molecule has 1 aromatic heterocycles. The number of carbonyl (C=O) groups excluding carboxylic acids is 2. The third kappa shape index (κ3) is 8.37. The van der Waals surface area contributed by atoms with Crippen LogP contribution in [0.4, 0.5) is 0 Å². The van der Waals surface area contributed by atoms with Gasteiger partial charge in [0.2, 0.25) is 0 Å². The van der Waals surface area contributed by atoms with Gasteiger partial charge in [-0.25, -0.2) is 14.6 Å². The van der Waals surface area contributed by atoms with E-state index in [1.165, 1.54) is 5.56 Å². The van der Waals surface area contributed by atoms with E-state index in [9.17, 15) is 9.59 Å².